The van der Waals surface area contributed by atoms with Gasteiger partial charge >= 0.3 is 0 Å². The molecular formula is C17H14N4O. The first-order valence-corrected chi connectivity index (χ1v) is 7.12. The predicted molar refractivity (Wildman–Crippen MR) is 83.9 cm³/mol. The Kier molecular flexibility index (Phi) is 2.96. The van der Waals surface area contributed by atoms with E-state index in [-0.39, 0.29) is 6.23 Å². The van der Waals surface area contributed by atoms with Crippen LogP contribution in [-0.2, 0) is 0 Å². The Bertz CT molecular complexity index is 792. The summed E-state index contributed by atoms with van der Waals surface area (Å²) >= 11 is 0. The monoisotopic (exact) mass is 290 g/mol. The molecule has 0 amide bonds. The average Bonchev–Trinajstić information content (AvgIpc) is 2.91. The molecule has 0 aliphatic carbocycles. The summed E-state index contributed by atoms with van der Waals surface area (Å²) < 4.78 is 5.85. The lowest BCUT2D eigenvalue weighted by atomic mass is 10.3. The first-order chi connectivity index (χ1) is 10.8. The number of para-hydroxylation sites is 1. The quantitative estimate of drug-likeness (QED) is 0.724. The first-order valence-electron chi connectivity index (χ1n) is 7.12. The highest BCUT2D eigenvalue weighted by Gasteiger charge is 2.31. The highest BCUT2D eigenvalue weighted by atomic mass is 16.5. The third-order valence-electron chi connectivity index (χ3n) is 3.55. The van der Waals surface area contributed by atoms with Crippen LogP contribution in [0.3, 0.4) is 0 Å². The Balaban J connectivity index is 1.81. The van der Waals surface area contributed by atoms with Crippen molar-refractivity contribution in [1.29, 1.82) is 0 Å². The average molecular weight is 290 g/mol. The molecule has 0 bridgehead atoms. The minimum atomic E-state index is -0.120. The largest absolute Gasteiger partial charge is 0.465 e. The molecule has 0 spiro atoms. The van der Waals surface area contributed by atoms with Crippen LogP contribution in [0, 0.1) is 0 Å². The number of rotatable bonds is 2. The van der Waals surface area contributed by atoms with Gasteiger partial charge < -0.3 is 4.74 Å². The molecule has 3 heterocycles. The van der Waals surface area contributed by atoms with Gasteiger partial charge in [-0.2, -0.15) is 0 Å². The van der Waals surface area contributed by atoms with Gasteiger partial charge in [0.2, 0.25) is 0 Å². The molecule has 108 valence electrons. The maximum absolute atomic E-state index is 5.85. The molecule has 4 rings (SSSR count). The zero-order valence-electron chi connectivity index (χ0n) is 12.0. The topological polar surface area (TPSA) is 51.1 Å². The smallest absolute Gasteiger partial charge is 0.183 e. The Morgan fingerprint density at radius 2 is 1.82 bits per heavy atom. The number of fused-ring (bicyclic) bond motifs is 1. The highest BCUT2D eigenvalue weighted by molar-refractivity contribution is 5.70. The van der Waals surface area contributed by atoms with E-state index in [2.05, 4.69) is 19.9 Å². The number of pyridine rings is 1. The van der Waals surface area contributed by atoms with E-state index in [1.165, 1.54) is 0 Å². The molecule has 1 aliphatic heterocycles. The van der Waals surface area contributed by atoms with E-state index < -0.39 is 0 Å². The van der Waals surface area contributed by atoms with Crippen molar-refractivity contribution in [1.82, 2.24) is 15.0 Å². The number of nitrogens with zero attached hydrogens (tertiary/aromatic N) is 4. The number of aromatic nitrogens is 3. The summed E-state index contributed by atoms with van der Waals surface area (Å²) in [6, 6.07) is 15.8. The number of hydrogen-bond acceptors (Lipinski definition) is 5. The van der Waals surface area contributed by atoms with Gasteiger partial charge in [0.15, 0.2) is 23.6 Å². The number of anilines is 2. The lowest BCUT2D eigenvalue weighted by Crippen LogP contribution is -2.27. The van der Waals surface area contributed by atoms with Gasteiger partial charge in [0, 0.05) is 11.9 Å². The Morgan fingerprint density at radius 3 is 2.59 bits per heavy atom. The maximum atomic E-state index is 5.85. The summed E-state index contributed by atoms with van der Waals surface area (Å²) in [4.78, 5) is 15.4. The van der Waals surface area contributed by atoms with E-state index in [1.54, 1.807) is 12.4 Å². The molecule has 2 aromatic heterocycles. The third kappa shape index (κ3) is 2.07. The predicted octanol–water partition coefficient (Wildman–Crippen LogP) is 3.42. The minimum Gasteiger partial charge on any atom is -0.465 e. The van der Waals surface area contributed by atoms with Gasteiger partial charge in [-0.05, 0) is 31.2 Å². The second-order valence-electron chi connectivity index (χ2n) is 5.02. The molecule has 0 N–H and O–H groups in total. The van der Waals surface area contributed by atoms with Crippen molar-refractivity contribution in [3.05, 3.63) is 60.9 Å². The molecule has 1 unspecified atom stereocenters. The van der Waals surface area contributed by atoms with Crippen LogP contribution in [0.4, 0.5) is 11.5 Å². The number of hydrogen-bond donors (Lipinski definition) is 0. The van der Waals surface area contributed by atoms with Gasteiger partial charge in [0.25, 0.3) is 0 Å². The molecule has 22 heavy (non-hydrogen) atoms. The normalized spacial score (nSPS) is 16.2. The van der Waals surface area contributed by atoms with E-state index >= 15 is 0 Å². The van der Waals surface area contributed by atoms with Gasteiger partial charge in [-0.25, -0.2) is 9.97 Å². The fraction of sp³-hybridized carbons (Fsp3) is 0.118. The van der Waals surface area contributed by atoms with Crippen LogP contribution >= 0.6 is 0 Å². The van der Waals surface area contributed by atoms with E-state index in [9.17, 15) is 0 Å². The second kappa shape index (κ2) is 5.11. The van der Waals surface area contributed by atoms with E-state index in [1.807, 2.05) is 55.5 Å². The zero-order valence-corrected chi connectivity index (χ0v) is 12.0. The van der Waals surface area contributed by atoms with Crippen LogP contribution in [0.15, 0.2) is 60.9 Å². The lowest BCUT2D eigenvalue weighted by molar-refractivity contribution is 0.255. The molecule has 0 saturated heterocycles. The van der Waals surface area contributed by atoms with Gasteiger partial charge in [0.1, 0.15) is 5.69 Å². The summed E-state index contributed by atoms with van der Waals surface area (Å²) in [7, 11) is 0. The number of ether oxygens (including phenoxy) is 1. The van der Waals surface area contributed by atoms with Crippen molar-refractivity contribution < 1.29 is 4.74 Å². The zero-order chi connectivity index (χ0) is 14.9. The maximum Gasteiger partial charge on any atom is 0.183 e. The highest BCUT2D eigenvalue weighted by Crippen LogP contribution is 2.40. The van der Waals surface area contributed by atoms with Crippen LogP contribution < -0.4 is 9.64 Å². The van der Waals surface area contributed by atoms with Crippen molar-refractivity contribution in [2.24, 2.45) is 0 Å². The lowest BCUT2D eigenvalue weighted by Gasteiger charge is -2.21. The van der Waals surface area contributed by atoms with Crippen LogP contribution in [0.5, 0.6) is 5.75 Å². The molecule has 3 aromatic rings. The summed E-state index contributed by atoms with van der Waals surface area (Å²) in [5.74, 6) is 2.06. The van der Waals surface area contributed by atoms with E-state index in [0.29, 0.717) is 11.6 Å². The van der Waals surface area contributed by atoms with Crippen LogP contribution in [0.2, 0.25) is 0 Å². The van der Waals surface area contributed by atoms with Crippen LogP contribution in [-0.4, -0.2) is 21.2 Å². The second-order valence-corrected chi connectivity index (χ2v) is 5.02. The fourth-order valence-corrected chi connectivity index (χ4v) is 2.57. The van der Waals surface area contributed by atoms with Crippen molar-refractivity contribution in [2.75, 3.05) is 4.90 Å². The summed E-state index contributed by atoms with van der Waals surface area (Å²) in [5.41, 5.74) is 1.79. The Morgan fingerprint density at radius 1 is 1.00 bits per heavy atom. The molecular weight excluding hydrogens is 276 g/mol. The fourth-order valence-electron chi connectivity index (χ4n) is 2.57. The first kappa shape index (κ1) is 12.8. The van der Waals surface area contributed by atoms with Crippen molar-refractivity contribution in [3.8, 4) is 17.3 Å². The van der Waals surface area contributed by atoms with Crippen molar-refractivity contribution >= 4 is 11.5 Å². The summed E-state index contributed by atoms with van der Waals surface area (Å²) in [5, 5.41) is 0. The van der Waals surface area contributed by atoms with Crippen molar-refractivity contribution in [2.45, 2.75) is 13.2 Å². The van der Waals surface area contributed by atoms with Gasteiger partial charge in [0.05, 0.1) is 6.20 Å². The Labute approximate surface area is 128 Å². The molecule has 1 aromatic carbocycles. The van der Waals surface area contributed by atoms with Crippen LogP contribution in [0.25, 0.3) is 11.5 Å². The Hall–Kier alpha value is -2.95. The number of benzene rings is 1. The molecule has 1 aliphatic rings. The van der Waals surface area contributed by atoms with Gasteiger partial charge in [-0.1, -0.05) is 24.3 Å². The minimum absolute atomic E-state index is 0.120. The molecule has 0 saturated carbocycles. The summed E-state index contributed by atoms with van der Waals surface area (Å²) in [6.45, 7) is 2.00. The third-order valence-corrected chi connectivity index (χ3v) is 3.55. The standard InChI is InChI=1S/C17H14N4O/c1-12-21(13-7-3-2-4-8-13)17-15(22-12)11-19-16(20-17)14-9-5-6-10-18-14/h2-12H,1H3. The van der Waals surface area contributed by atoms with Crippen LogP contribution in [0.1, 0.15) is 6.92 Å². The molecule has 5 nitrogen and oxygen atoms in total. The van der Waals surface area contributed by atoms with E-state index in [0.717, 1.165) is 17.2 Å². The SMILES string of the molecule is CC1Oc2cnc(-c3ccccn3)nc2N1c1ccccc1. The van der Waals surface area contributed by atoms with Gasteiger partial charge in [-0.3, -0.25) is 9.88 Å². The molecule has 5 heteroatoms. The molecule has 1 atom stereocenters. The molecule has 0 fully saturated rings. The summed E-state index contributed by atoms with van der Waals surface area (Å²) in [6.07, 6.45) is 3.33. The molecule has 0 radical (unpaired) electrons. The van der Waals surface area contributed by atoms with Gasteiger partial charge in [-0.15, -0.1) is 0 Å². The van der Waals surface area contributed by atoms with E-state index in [4.69, 9.17) is 4.74 Å². The van der Waals surface area contributed by atoms with Crippen molar-refractivity contribution in [3.63, 3.8) is 0 Å².